The molecule has 0 saturated carbocycles. The zero-order valence-corrected chi connectivity index (χ0v) is 17.3. The Kier molecular flexibility index (Phi) is 5.29. The summed E-state index contributed by atoms with van der Waals surface area (Å²) in [6.45, 7) is 0.626. The summed E-state index contributed by atoms with van der Waals surface area (Å²) in [5, 5.41) is 5.41. The molecule has 0 radical (unpaired) electrons. The Balaban J connectivity index is 1.37. The number of aromatic nitrogens is 1. The van der Waals surface area contributed by atoms with E-state index < -0.39 is 11.7 Å². The van der Waals surface area contributed by atoms with E-state index in [0.29, 0.717) is 18.3 Å². The largest absolute Gasteiger partial charge is 0.452 e. The van der Waals surface area contributed by atoms with Crippen LogP contribution in [-0.4, -0.2) is 16.9 Å². The lowest BCUT2D eigenvalue weighted by Gasteiger charge is -2.15. The van der Waals surface area contributed by atoms with Crippen LogP contribution in [0.25, 0.3) is 10.8 Å². The number of pyridine rings is 1. The van der Waals surface area contributed by atoms with Gasteiger partial charge in [0.05, 0.1) is 11.9 Å². The lowest BCUT2D eigenvalue weighted by atomic mass is 10.1. The van der Waals surface area contributed by atoms with E-state index >= 15 is 0 Å². The standard InChI is InChI=1S/C26H22FN3O2/c27-22-13-18(26(28)31)9-10-24(22)32-25-15-30-23(20-7-3-4-8-21(20)25)14-29-19-11-16-5-1-2-6-17(16)12-19/h1-10,13,15,19,29H,11-12,14H2,(H2,28,31). The van der Waals surface area contributed by atoms with Crippen molar-refractivity contribution in [2.75, 3.05) is 0 Å². The molecular formula is C26H22FN3O2. The Labute approximate surface area is 185 Å². The summed E-state index contributed by atoms with van der Waals surface area (Å²) in [6, 6.07) is 20.6. The van der Waals surface area contributed by atoms with Gasteiger partial charge in [0, 0.05) is 28.9 Å². The first-order valence-electron chi connectivity index (χ1n) is 10.5. The number of primary amides is 1. The summed E-state index contributed by atoms with van der Waals surface area (Å²) < 4.78 is 20.2. The summed E-state index contributed by atoms with van der Waals surface area (Å²) in [5.74, 6) is -0.887. The molecule has 3 aromatic carbocycles. The van der Waals surface area contributed by atoms with E-state index in [1.165, 1.54) is 23.3 Å². The molecule has 1 heterocycles. The fraction of sp³-hybridized carbons (Fsp3) is 0.154. The Morgan fingerprint density at radius 3 is 2.38 bits per heavy atom. The lowest BCUT2D eigenvalue weighted by Crippen LogP contribution is -2.29. The van der Waals surface area contributed by atoms with Crippen molar-refractivity contribution in [1.82, 2.24) is 10.3 Å². The van der Waals surface area contributed by atoms with Crippen LogP contribution in [0.15, 0.2) is 72.9 Å². The molecule has 0 fully saturated rings. The van der Waals surface area contributed by atoms with Gasteiger partial charge in [0.1, 0.15) is 0 Å². The molecule has 0 unspecified atom stereocenters. The second-order valence-corrected chi connectivity index (χ2v) is 7.98. The average Bonchev–Trinajstić information content (AvgIpc) is 3.22. The third-order valence-corrected chi connectivity index (χ3v) is 5.89. The number of carbonyl (C=O) groups is 1. The summed E-state index contributed by atoms with van der Waals surface area (Å²) in [5.41, 5.74) is 9.01. The van der Waals surface area contributed by atoms with Crippen molar-refractivity contribution in [2.24, 2.45) is 5.73 Å². The zero-order chi connectivity index (χ0) is 22.1. The predicted octanol–water partition coefficient (Wildman–Crippen LogP) is 4.52. The normalized spacial score (nSPS) is 13.3. The van der Waals surface area contributed by atoms with Crippen LogP contribution in [-0.2, 0) is 19.4 Å². The van der Waals surface area contributed by atoms with Crippen LogP contribution in [0.5, 0.6) is 11.5 Å². The molecule has 1 aliphatic rings. The van der Waals surface area contributed by atoms with Crippen molar-refractivity contribution >= 4 is 16.7 Å². The van der Waals surface area contributed by atoms with Crippen molar-refractivity contribution in [3.05, 3.63) is 101 Å². The van der Waals surface area contributed by atoms with Gasteiger partial charge in [-0.05, 0) is 42.2 Å². The van der Waals surface area contributed by atoms with E-state index in [4.69, 9.17) is 10.5 Å². The van der Waals surface area contributed by atoms with E-state index in [-0.39, 0.29) is 11.3 Å². The number of nitrogens with two attached hydrogens (primary N) is 1. The minimum Gasteiger partial charge on any atom is -0.452 e. The number of halogens is 1. The quantitative estimate of drug-likeness (QED) is 0.474. The monoisotopic (exact) mass is 427 g/mol. The number of fused-ring (bicyclic) bond motifs is 2. The fourth-order valence-corrected chi connectivity index (χ4v) is 4.25. The van der Waals surface area contributed by atoms with Crippen molar-refractivity contribution < 1.29 is 13.9 Å². The number of nitrogens with zero attached hydrogens (tertiary/aromatic N) is 1. The molecule has 6 heteroatoms. The molecule has 3 N–H and O–H groups in total. The van der Waals surface area contributed by atoms with Crippen molar-refractivity contribution in [3.8, 4) is 11.5 Å². The molecule has 0 aliphatic heterocycles. The number of benzene rings is 3. The van der Waals surface area contributed by atoms with Crippen molar-refractivity contribution in [2.45, 2.75) is 25.4 Å². The highest BCUT2D eigenvalue weighted by atomic mass is 19.1. The highest BCUT2D eigenvalue weighted by Crippen LogP contribution is 2.32. The Bertz CT molecular complexity index is 1300. The molecule has 5 nitrogen and oxygen atoms in total. The van der Waals surface area contributed by atoms with Gasteiger partial charge in [0.15, 0.2) is 17.3 Å². The smallest absolute Gasteiger partial charge is 0.248 e. The SMILES string of the molecule is NC(=O)c1ccc(Oc2cnc(CNC3Cc4ccccc4C3)c3ccccc23)c(F)c1. The topological polar surface area (TPSA) is 77.2 Å². The fourth-order valence-electron chi connectivity index (χ4n) is 4.25. The second-order valence-electron chi connectivity index (χ2n) is 7.98. The maximum Gasteiger partial charge on any atom is 0.248 e. The van der Waals surface area contributed by atoms with Gasteiger partial charge in [-0.3, -0.25) is 9.78 Å². The minimum absolute atomic E-state index is 0.0107. The predicted molar refractivity (Wildman–Crippen MR) is 121 cm³/mol. The molecule has 5 rings (SSSR count). The van der Waals surface area contributed by atoms with Crippen LogP contribution < -0.4 is 15.8 Å². The van der Waals surface area contributed by atoms with Crippen LogP contribution in [0.3, 0.4) is 0 Å². The van der Waals surface area contributed by atoms with E-state index in [1.54, 1.807) is 6.20 Å². The van der Waals surface area contributed by atoms with Crippen LogP contribution >= 0.6 is 0 Å². The first-order valence-corrected chi connectivity index (χ1v) is 10.5. The molecule has 0 spiro atoms. The highest BCUT2D eigenvalue weighted by molar-refractivity contribution is 5.93. The Morgan fingerprint density at radius 1 is 1.00 bits per heavy atom. The third-order valence-electron chi connectivity index (χ3n) is 5.89. The van der Waals surface area contributed by atoms with E-state index in [9.17, 15) is 9.18 Å². The van der Waals surface area contributed by atoms with Crippen LogP contribution in [0.4, 0.5) is 4.39 Å². The van der Waals surface area contributed by atoms with Gasteiger partial charge in [-0.15, -0.1) is 0 Å². The number of hydrogen-bond donors (Lipinski definition) is 2. The molecule has 0 saturated heterocycles. The molecule has 0 atom stereocenters. The van der Waals surface area contributed by atoms with Crippen molar-refractivity contribution in [1.29, 1.82) is 0 Å². The minimum atomic E-state index is -0.690. The summed E-state index contributed by atoms with van der Waals surface area (Å²) in [4.78, 5) is 15.9. The number of carbonyl (C=O) groups excluding carboxylic acids is 1. The van der Waals surface area contributed by atoms with Gasteiger partial charge in [-0.1, -0.05) is 48.5 Å². The van der Waals surface area contributed by atoms with Gasteiger partial charge < -0.3 is 15.8 Å². The molecule has 160 valence electrons. The third kappa shape index (κ3) is 3.92. The van der Waals surface area contributed by atoms with Gasteiger partial charge in [0.2, 0.25) is 5.91 Å². The summed E-state index contributed by atoms with van der Waals surface area (Å²) in [7, 11) is 0. The van der Waals surface area contributed by atoms with Gasteiger partial charge >= 0.3 is 0 Å². The highest BCUT2D eigenvalue weighted by Gasteiger charge is 2.21. The average molecular weight is 427 g/mol. The number of rotatable bonds is 6. The molecular weight excluding hydrogens is 405 g/mol. The van der Waals surface area contributed by atoms with Gasteiger partial charge in [-0.25, -0.2) is 4.39 Å². The lowest BCUT2D eigenvalue weighted by molar-refractivity contribution is 0.1000. The maximum atomic E-state index is 14.4. The Morgan fingerprint density at radius 2 is 1.69 bits per heavy atom. The second kappa shape index (κ2) is 8.40. The first-order chi connectivity index (χ1) is 15.6. The maximum absolute atomic E-state index is 14.4. The molecule has 1 amide bonds. The number of amides is 1. The number of hydrogen-bond acceptors (Lipinski definition) is 4. The van der Waals surface area contributed by atoms with Gasteiger partial charge in [-0.2, -0.15) is 0 Å². The molecule has 1 aromatic heterocycles. The molecule has 0 bridgehead atoms. The molecule has 32 heavy (non-hydrogen) atoms. The Hall–Kier alpha value is -3.77. The van der Waals surface area contributed by atoms with E-state index in [0.717, 1.165) is 35.4 Å². The van der Waals surface area contributed by atoms with Crippen LogP contribution in [0, 0.1) is 5.82 Å². The molecule has 1 aliphatic carbocycles. The van der Waals surface area contributed by atoms with Crippen LogP contribution in [0.2, 0.25) is 0 Å². The van der Waals surface area contributed by atoms with Crippen molar-refractivity contribution in [3.63, 3.8) is 0 Å². The first kappa shape index (κ1) is 20.2. The number of ether oxygens (including phenoxy) is 1. The van der Waals surface area contributed by atoms with Gasteiger partial charge in [0.25, 0.3) is 0 Å². The van der Waals surface area contributed by atoms with E-state index in [2.05, 4.69) is 34.6 Å². The summed E-state index contributed by atoms with van der Waals surface area (Å²) >= 11 is 0. The van der Waals surface area contributed by atoms with Crippen LogP contribution in [0.1, 0.15) is 27.2 Å². The molecule has 4 aromatic rings. The van der Waals surface area contributed by atoms with E-state index in [1.807, 2.05) is 24.3 Å². The number of nitrogens with one attached hydrogen (secondary N) is 1. The zero-order valence-electron chi connectivity index (χ0n) is 17.3. The summed E-state index contributed by atoms with van der Waals surface area (Å²) in [6.07, 6.45) is 3.63.